The van der Waals surface area contributed by atoms with Crippen molar-refractivity contribution in [3.63, 3.8) is 0 Å². The largest absolute Gasteiger partial charge is 0.478 e. The number of H-pyrrole nitrogens is 1. The molecule has 0 saturated heterocycles. The highest BCUT2D eigenvalue weighted by Crippen LogP contribution is 2.33. The molecule has 0 aliphatic carbocycles. The molecule has 0 radical (unpaired) electrons. The van der Waals surface area contributed by atoms with Crippen molar-refractivity contribution >= 4 is 23.2 Å². The lowest BCUT2D eigenvalue weighted by atomic mass is 9.99. The highest BCUT2D eigenvalue weighted by atomic mass is 16.4. The second-order valence-electron chi connectivity index (χ2n) is 6.33. The molecular weight excluding hydrogens is 360 g/mol. The summed E-state index contributed by atoms with van der Waals surface area (Å²) in [5, 5.41) is 9.07. The van der Waals surface area contributed by atoms with E-state index in [2.05, 4.69) is 15.4 Å². The molecule has 0 amide bonds. The first-order valence-electron chi connectivity index (χ1n) is 8.33. The van der Waals surface area contributed by atoms with Gasteiger partial charge in [0, 0.05) is 30.9 Å². The fourth-order valence-electron chi connectivity index (χ4n) is 2.81. The van der Waals surface area contributed by atoms with Crippen LogP contribution >= 0.6 is 0 Å². The number of rotatable bonds is 5. The zero-order valence-electron chi connectivity index (χ0n) is 15.4. The van der Waals surface area contributed by atoms with E-state index in [0.717, 1.165) is 16.8 Å². The number of anilines is 3. The minimum atomic E-state index is -0.975. The molecule has 7 N–H and O–H groups in total. The molecule has 0 aliphatic heterocycles. The highest BCUT2D eigenvalue weighted by Gasteiger charge is 2.14. The molecule has 1 heterocycles. The Kier molecular flexibility index (Phi) is 5.01. The van der Waals surface area contributed by atoms with Crippen LogP contribution in [-0.4, -0.2) is 35.1 Å². The summed E-state index contributed by atoms with van der Waals surface area (Å²) in [6, 6.07) is 12.2. The highest BCUT2D eigenvalue weighted by molar-refractivity contribution is 5.89. The first-order chi connectivity index (χ1) is 13.3. The molecule has 1 aromatic heterocycles. The molecule has 3 rings (SSSR count). The minimum absolute atomic E-state index is 0.0887. The van der Waals surface area contributed by atoms with Crippen LogP contribution in [-0.2, 0) is 0 Å². The summed E-state index contributed by atoms with van der Waals surface area (Å²) in [7, 11) is 3.78. The molecule has 28 heavy (non-hydrogen) atoms. The number of nitrogen functional groups attached to an aromatic ring is 2. The molecule has 0 bridgehead atoms. The number of benzene rings is 2. The number of nitrogens with zero attached hydrogens (tertiary/aromatic N) is 2. The maximum absolute atomic E-state index is 12.0. The summed E-state index contributed by atoms with van der Waals surface area (Å²) < 4.78 is 0. The van der Waals surface area contributed by atoms with E-state index in [-0.39, 0.29) is 17.1 Å². The average Bonchev–Trinajstić information content (AvgIpc) is 2.69. The van der Waals surface area contributed by atoms with Gasteiger partial charge < -0.3 is 26.1 Å². The lowest BCUT2D eigenvalue weighted by Gasteiger charge is -2.19. The van der Waals surface area contributed by atoms with Crippen molar-refractivity contribution in [1.29, 1.82) is 0 Å². The Balaban J connectivity index is 2.11. The van der Waals surface area contributed by atoms with Gasteiger partial charge in [-0.1, -0.05) is 24.3 Å². The van der Waals surface area contributed by atoms with E-state index in [9.17, 15) is 9.59 Å². The maximum Gasteiger partial charge on any atom is 0.335 e. The zero-order valence-corrected chi connectivity index (χ0v) is 15.4. The van der Waals surface area contributed by atoms with E-state index in [1.165, 1.54) is 0 Å². The van der Waals surface area contributed by atoms with Crippen molar-refractivity contribution < 1.29 is 9.90 Å². The van der Waals surface area contributed by atoms with Gasteiger partial charge in [-0.15, -0.1) is 0 Å². The number of nitrogens with one attached hydrogen (secondary N) is 2. The Hall–Kier alpha value is -3.85. The molecule has 2 aromatic carbocycles. The Morgan fingerprint density at radius 2 is 1.79 bits per heavy atom. The summed E-state index contributed by atoms with van der Waals surface area (Å²) in [5.74, 6) is 4.83. The number of aromatic amines is 1. The van der Waals surface area contributed by atoms with Crippen molar-refractivity contribution in [2.24, 2.45) is 5.84 Å². The molecule has 144 valence electrons. The predicted molar refractivity (Wildman–Crippen MR) is 109 cm³/mol. The molecular formula is C19H20N6O3. The fraction of sp³-hybridized carbons (Fsp3) is 0.105. The third-order valence-electron chi connectivity index (χ3n) is 4.29. The predicted octanol–water partition coefficient (Wildman–Crippen LogP) is 1.74. The van der Waals surface area contributed by atoms with Gasteiger partial charge in [-0.25, -0.2) is 15.6 Å². The Morgan fingerprint density at radius 3 is 2.36 bits per heavy atom. The van der Waals surface area contributed by atoms with Crippen molar-refractivity contribution in [1.82, 2.24) is 9.97 Å². The van der Waals surface area contributed by atoms with E-state index >= 15 is 0 Å². The molecule has 0 aliphatic rings. The summed E-state index contributed by atoms with van der Waals surface area (Å²) in [6.07, 6.45) is 0. The molecule has 0 fully saturated rings. The number of carboxylic acids is 1. The number of hydrazine groups is 1. The molecule has 3 aromatic rings. The Morgan fingerprint density at radius 1 is 1.14 bits per heavy atom. The van der Waals surface area contributed by atoms with Gasteiger partial charge in [0.05, 0.1) is 5.56 Å². The topological polar surface area (TPSA) is 150 Å². The quantitative estimate of drug-likeness (QED) is 0.332. The normalized spacial score (nSPS) is 10.5. The second kappa shape index (κ2) is 7.41. The standard InChI is InChI=1S/C19H20N6O3/c1-25(2)14-9-12(16-22-17(24-21)15(20)18(26)23-16)7-8-13(14)10-3-5-11(6-4-10)19(27)28/h3-9H,20-21H2,1-2H3,(H,27,28)(H2,22,23,24,26). The van der Waals surface area contributed by atoms with E-state index in [0.29, 0.717) is 11.4 Å². The number of aromatic carboxylic acids is 1. The third kappa shape index (κ3) is 3.51. The van der Waals surface area contributed by atoms with E-state index in [4.69, 9.17) is 16.7 Å². The molecule has 9 heteroatoms. The van der Waals surface area contributed by atoms with E-state index < -0.39 is 11.5 Å². The number of carboxylic acid groups (broad SMARTS) is 1. The smallest absolute Gasteiger partial charge is 0.335 e. The third-order valence-corrected chi connectivity index (χ3v) is 4.29. The number of nitrogens with two attached hydrogens (primary N) is 2. The van der Waals surface area contributed by atoms with Crippen LogP contribution in [0.25, 0.3) is 22.5 Å². The summed E-state index contributed by atoms with van der Waals surface area (Å²) >= 11 is 0. The van der Waals surface area contributed by atoms with Crippen LogP contribution in [0.3, 0.4) is 0 Å². The van der Waals surface area contributed by atoms with Crippen molar-refractivity contribution in [2.45, 2.75) is 0 Å². The van der Waals surface area contributed by atoms with Crippen LogP contribution in [0.5, 0.6) is 0 Å². The number of hydrogen-bond acceptors (Lipinski definition) is 7. The van der Waals surface area contributed by atoms with Gasteiger partial charge in [0.2, 0.25) is 0 Å². The van der Waals surface area contributed by atoms with Gasteiger partial charge >= 0.3 is 5.97 Å². The van der Waals surface area contributed by atoms with Gasteiger partial charge in [-0.2, -0.15) is 0 Å². The van der Waals surface area contributed by atoms with Gasteiger partial charge in [0.25, 0.3) is 5.56 Å². The second-order valence-corrected chi connectivity index (χ2v) is 6.33. The van der Waals surface area contributed by atoms with Crippen LogP contribution in [0.2, 0.25) is 0 Å². The van der Waals surface area contributed by atoms with Crippen LogP contribution in [0.4, 0.5) is 17.2 Å². The maximum atomic E-state index is 12.0. The Bertz CT molecular complexity index is 1090. The SMILES string of the molecule is CN(C)c1cc(-c2nc(NN)c(N)c(=O)[nH]2)ccc1-c1ccc(C(=O)O)cc1. The lowest BCUT2D eigenvalue weighted by molar-refractivity contribution is 0.0697. The van der Waals surface area contributed by atoms with E-state index in [1.807, 2.05) is 37.2 Å². The van der Waals surface area contributed by atoms with Gasteiger partial charge in [-0.3, -0.25) is 4.79 Å². The molecule has 0 atom stereocenters. The first-order valence-corrected chi connectivity index (χ1v) is 8.33. The number of carbonyl (C=O) groups is 1. The number of hydrogen-bond donors (Lipinski definition) is 5. The van der Waals surface area contributed by atoms with Crippen molar-refractivity contribution in [3.05, 3.63) is 58.4 Å². The van der Waals surface area contributed by atoms with Gasteiger partial charge in [-0.05, 0) is 23.8 Å². The summed E-state index contributed by atoms with van der Waals surface area (Å²) in [4.78, 5) is 31.9. The summed E-state index contributed by atoms with van der Waals surface area (Å²) in [5.41, 5.74) is 10.9. The first kappa shape index (κ1) is 18.9. The monoisotopic (exact) mass is 380 g/mol. The average molecular weight is 380 g/mol. The number of aromatic nitrogens is 2. The van der Waals surface area contributed by atoms with Crippen LogP contribution < -0.4 is 27.5 Å². The van der Waals surface area contributed by atoms with Gasteiger partial charge in [0.15, 0.2) is 5.82 Å². The zero-order chi connectivity index (χ0) is 20.4. The van der Waals surface area contributed by atoms with Crippen molar-refractivity contribution in [3.8, 4) is 22.5 Å². The van der Waals surface area contributed by atoms with Crippen LogP contribution in [0.15, 0.2) is 47.3 Å². The summed E-state index contributed by atoms with van der Waals surface area (Å²) in [6.45, 7) is 0. The lowest BCUT2D eigenvalue weighted by Crippen LogP contribution is -2.20. The minimum Gasteiger partial charge on any atom is -0.478 e. The van der Waals surface area contributed by atoms with E-state index in [1.54, 1.807) is 24.3 Å². The molecule has 0 spiro atoms. The van der Waals surface area contributed by atoms with Crippen molar-refractivity contribution in [2.75, 3.05) is 30.2 Å². The molecule has 0 saturated carbocycles. The van der Waals surface area contributed by atoms with Crippen LogP contribution in [0, 0.1) is 0 Å². The van der Waals surface area contributed by atoms with Gasteiger partial charge in [0.1, 0.15) is 11.5 Å². The van der Waals surface area contributed by atoms with Crippen LogP contribution in [0.1, 0.15) is 10.4 Å². The molecule has 9 nitrogen and oxygen atoms in total. The fourth-order valence-corrected chi connectivity index (χ4v) is 2.81. The Labute approximate surface area is 160 Å². The molecule has 0 unspecified atom stereocenters.